The van der Waals surface area contributed by atoms with Gasteiger partial charge in [0, 0.05) is 6.54 Å². The molecule has 1 aromatic heterocycles. The van der Waals surface area contributed by atoms with Gasteiger partial charge >= 0.3 is 0 Å². The zero-order valence-corrected chi connectivity index (χ0v) is 12.8. The molecule has 0 bridgehead atoms. The SMILES string of the molecule is CCCC(O)C(=O)Cc1c(Br)c(CC)nn1CC. The smallest absolute Gasteiger partial charge is 0.167 e. The van der Waals surface area contributed by atoms with Gasteiger partial charge in [-0.25, -0.2) is 0 Å². The molecule has 1 atom stereocenters. The Balaban J connectivity index is 2.89. The van der Waals surface area contributed by atoms with E-state index in [-0.39, 0.29) is 12.2 Å². The molecule has 0 radical (unpaired) electrons. The minimum atomic E-state index is -0.854. The predicted octanol–water partition coefficient (Wildman–Crippen LogP) is 2.50. The first kappa shape index (κ1) is 15.4. The van der Waals surface area contributed by atoms with Crippen molar-refractivity contribution in [3.63, 3.8) is 0 Å². The van der Waals surface area contributed by atoms with E-state index in [1.165, 1.54) is 0 Å². The number of aromatic nitrogens is 2. The Morgan fingerprint density at radius 3 is 2.61 bits per heavy atom. The van der Waals surface area contributed by atoms with E-state index in [2.05, 4.69) is 21.0 Å². The normalized spacial score (nSPS) is 12.7. The highest BCUT2D eigenvalue weighted by Gasteiger charge is 2.20. The van der Waals surface area contributed by atoms with E-state index < -0.39 is 6.10 Å². The summed E-state index contributed by atoms with van der Waals surface area (Å²) in [6.07, 6.45) is 1.54. The van der Waals surface area contributed by atoms with Crippen molar-refractivity contribution in [3.05, 3.63) is 15.9 Å². The van der Waals surface area contributed by atoms with Gasteiger partial charge in [0.1, 0.15) is 6.10 Å². The van der Waals surface area contributed by atoms with Crippen LogP contribution in [0.1, 0.15) is 45.0 Å². The second-order valence-corrected chi connectivity index (χ2v) is 5.12. The molecule has 0 saturated carbocycles. The van der Waals surface area contributed by atoms with Gasteiger partial charge in [0.15, 0.2) is 5.78 Å². The Morgan fingerprint density at radius 2 is 2.11 bits per heavy atom. The van der Waals surface area contributed by atoms with E-state index in [0.717, 1.165) is 35.2 Å². The summed E-state index contributed by atoms with van der Waals surface area (Å²) in [4.78, 5) is 11.9. The number of hydrogen-bond donors (Lipinski definition) is 1. The van der Waals surface area contributed by atoms with Gasteiger partial charge in [-0.3, -0.25) is 9.48 Å². The van der Waals surface area contributed by atoms with Crippen LogP contribution in [0.25, 0.3) is 0 Å². The molecule has 0 fully saturated rings. The van der Waals surface area contributed by atoms with Crippen LogP contribution in [0.5, 0.6) is 0 Å². The van der Waals surface area contributed by atoms with Crippen molar-refractivity contribution in [2.75, 3.05) is 0 Å². The summed E-state index contributed by atoms with van der Waals surface area (Å²) in [6, 6.07) is 0. The van der Waals surface area contributed by atoms with Gasteiger partial charge in [-0.15, -0.1) is 0 Å². The molecule has 1 rings (SSSR count). The first-order chi connectivity index (χ1) is 8.54. The highest BCUT2D eigenvalue weighted by atomic mass is 79.9. The van der Waals surface area contributed by atoms with Crippen LogP contribution in [0.3, 0.4) is 0 Å². The summed E-state index contributed by atoms with van der Waals surface area (Å²) in [6.45, 7) is 6.71. The number of carbonyl (C=O) groups is 1. The molecule has 0 spiro atoms. The van der Waals surface area contributed by atoms with Crippen molar-refractivity contribution in [2.45, 2.75) is 59.1 Å². The molecular weight excluding hydrogens is 296 g/mol. The molecule has 4 nitrogen and oxygen atoms in total. The second-order valence-electron chi connectivity index (χ2n) is 4.32. The maximum absolute atomic E-state index is 11.9. The van der Waals surface area contributed by atoms with Crippen molar-refractivity contribution < 1.29 is 9.90 Å². The molecule has 0 aliphatic carbocycles. The molecular formula is C13H21BrN2O2. The molecule has 0 aliphatic heterocycles. The minimum Gasteiger partial charge on any atom is -0.385 e. The first-order valence-electron chi connectivity index (χ1n) is 6.49. The van der Waals surface area contributed by atoms with Crippen molar-refractivity contribution in [1.82, 2.24) is 9.78 Å². The van der Waals surface area contributed by atoms with E-state index in [0.29, 0.717) is 6.42 Å². The van der Waals surface area contributed by atoms with E-state index >= 15 is 0 Å². The number of aliphatic hydroxyl groups excluding tert-OH is 1. The first-order valence-corrected chi connectivity index (χ1v) is 7.29. The molecule has 1 aromatic rings. The highest BCUT2D eigenvalue weighted by molar-refractivity contribution is 9.10. The average molecular weight is 317 g/mol. The van der Waals surface area contributed by atoms with Crippen LogP contribution in [0.2, 0.25) is 0 Å². The largest absolute Gasteiger partial charge is 0.385 e. The van der Waals surface area contributed by atoms with Gasteiger partial charge in [-0.05, 0) is 35.7 Å². The zero-order valence-electron chi connectivity index (χ0n) is 11.2. The maximum atomic E-state index is 11.9. The molecule has 5 heteroatoms. The molecule has 1 N–H and O–H groups in total. The van der Waals surface area contributed by atoms with Gasteiger partial charge in [0.25, 0.3) is 0 Å². The lowest BCUT2D eigenvalue weighted by Gasteiger charge is -2.09. The standard InChI is InChI=1S/C13H21BrN2O2/c1-4-7-11(17)12(18)8-10-13(14)9(5-2)15-16(10)6-3/h11,17H,4-8H2,1-3H3. The van der Waals surface area contributed by atoms with Crippen molar-refractivity contribution >= 4 is 21.7 Å². The average Bonchev–Trinajstić information content (AvgIpc) is 2.66. The highest BCUT2D eigenvalue weighted by Crippen LogP contribution is 2.23. The lowest BCUT2D eigenvalue weighted by Crippen LogP contribution is -2.23. The Bertz CT molecular complexity index is 415. The number of aliphatic hydroxyl groups is 1. The molecule has 0 saturated heterocycles. The molecule has 102 valence electrons. The monoisotopic (exact) mass is 316 g/mol. The lowest BCUT2D eigenvalue weighted by molar-refractivity contribution is -0.126. The molecule has 0 aromatic carbocycles. The molecule has 1 heterocycles. The van der Waals surface area contributed by atoms with Gasteiger partial charge in [0.2, 0.25) is 0 Å². The zero-order chi connectivity index (χ0) is 13.7. The van der Waals surface area contributed by atoms with Gasteiger partial charge in [0.05, 0.1) is 22.3 Å². The van der Waals surface area contributed by atoms with Gasteiger partial charge in [-0.1, -0.05) is 20.3 Å². The third-order valence-corrected chi connectivity index (χ3v) is 3.88. The Kier molecular flexibility index (Phi) is 6.02. The second kappa shape index (κ2) is 7.04. The van der Waals surface area contributed by atoms with Crippen LogP contribution in [-0.2, 0) is 24.2 Å². The van der Waals surface area contributed by atoms with Crippen LogP contribution in [0, 0.1) is 0 Å². The molecule has 1 unspecified atom stereocenters. The molecule has 18 heavy (non-hydrogen) atoms. The van der Waals surface area contributed by atoms with E-state index in [1.54, 1.807) is 0 Å². The fourth-order valence-electron chi connectivity index (χ4n) is 1.90. The van der Waals surface area contributed by atoms with Crippen LogP contribution in [-0.4, -0.2) is 26.8 Å². The Hall–Kier alpha value is -0.680. The van der Waals surface area contributed by atoms with E-state index in [1.807, 2.05) is 25.5 Å². The van der Waals surface area contributed by atoms with E-state index in [9.17, 15) is 9.90 Å². The number of nitrogens with zero attached hydrogens (tertiary/aromatic N) is 2. The van der Waals surface area contributed by atoms with Crippen LogP contribution in [0.4, 0.5) is 0 Å². The fourth-order valence-corrected chi connectivity index (χ4v) is 2.61. The number of aryl methyl sites for hydroxylation is 2. The maximum Gasteiger partial charge on any atom is 0.167 e. The summed E-state index contributed by atoms with van der Waals surface area (Å²) in [7, 11) is 0. The fraction of sp³-hybridized carbons (Fsp3) is 0.692. The van der Waals surface area contributed by atoms with Crippen molar-refractivity contribution in [1.29, 1.82) is 0 Å². The topological polar surface area (TPSA) is 55.1 Å². The third-order valence-electron chi connectivity index (χ3n) is 2.97. The Morgan fingerprint density at radius 1 is 1.44 bits per heavy atom. The van der Waals surface area contributed by atoms with Crippen molar-refractivity contribution in [2.24, 2.45) is 0 Å². The van der Waals surface area contributed by atoms with Crippen molar-refractivity contribution in [3.8, 4) is 0 Å². The number of rotatable bonds is 7. The van der Waals surface area contributed by atoms with Crippen LogP contribution >= 0.6 is 15.9 Å². The van der Waals surface area contributed by atoms with Gasteiger partial charge < -0.3 is 5.11 Å². The predicted molar refractivity (Wildman–Crippen MR) is 74.6 cm³/mol. The summed E-state index contributed by atoms with van der Waals surface area (Å²) < 4.78 is 2.74. The van der Waals surface area contributed by atoms with Crippen LogP contribution in [0.15, 0.2) is 4.47 Å². The molecule has 0 aliphatic rings. The summed E-state index contributed by atoms with van der Waals surface area (Å²) in [5.41, 5.74) is 1.83. The van der Waals surface area contributed by atoms with Gasteiger partial charge in [-0.2, -0.15) is 5.10 Å². The summed E-state index contributed by atoms with van der Waals surface area (Å²) in [5, 5.41) is 14.1. The lowest BCUT2D eigenvalue weighted by atomic mass is 10.1. The van der Waals surface area contributed by atoms with E-state index in [4.69, 9.17) is 0 Å². The number of carbonyl (C=O) groups excluding carboxylic acids is 1. The summed E-state index contributed by atoms with van der Waals surface area (Å²) in [5.74, 6) is -0.130. The number of Topliss-reactive ketones (excluding diaryl/α,β-unsaturated/α-hetero) is 1. The minimum absolute atomic E-state index is 0.130. The Labute approximate surface area is 117 Å². The third kappa shape index (κ3) is 3.42. The summed E-state index contributed by atoms with van der Waals surface area (Å²) >= 11 is 3.50. The molecule has 0 amide bonds. The van der Waals surface area contributed by atoms with Crippen LogP contribution < -0.4 is 0 Å². The number of hydrogen-bond acceptors (Lipinski definition) is 3. The number of halogens is 1. The number of ketones is 1. The quantitative estimate of drug-likeness (QED) is 0.841.